The van der Waals surface area contributed by atoms with E-state index in [4.69, 9.17) is 4.74 Å². The highest BCUT2D eigenvalue weighted by molar-refractivity contribution is 6.05. The molecule has 5 atom stereocenters. The first kappa shape index (κ1) is 20.8. The lowest BCUT2D eigenvalue weighted by molar-refractivity contribution is -0.177. The number of carbonyl (C=O) groups excluding carboxylic acids is 2. The van der Waals surface area contributed by atoms with Gasteiger partial charge in [-0.25, -0.2) is 0 Å². The van der Waals surface area contributed by atoms with Crippen molar-refractivity contribution in [3.05, 3.63) is 42.5 Å². The van der Waals surface area contributed by atoms with Crippen molar-refractivity contribution in [1.82, 2.24) is 15.5 Å². The first-order chi connectivity index (χ1) is 14.5. The smallest absolute Gasteiger partial charge is 0.247 e. The third-order valence-corrected chi connectivity index (χ3v) is 6.18. The Balaban J connectivity index is 1.50. The molecule has 0 aliphatic carbocycles. The Morgan fingerprint density at radius 2 is 1.97 bits per heavy atom. The zero-order valence-corrected chi connectivity index (χ0v) is 17.7. The van der Waals surface area contributed by atoms with E-state index < -0.39 is 12.1 Å². The molecule has 2 aromatic carbocycles. The summed E-state index contributed by atoms with van der Waals surface area (Å²) in [5.41, 5.74) is 0.762. The summed E-state index contributed by atoms with van der Waals surface area (Å²) in [6, 6.07) is 13.0. The van der Waals surface area contributed by atoms with E-state index in [1.165, 1.54) is 0 Å². The van der Waals surface area contributed by atoms with Crippen LogP contribution in [0.4, 0.5) is 5.69 Å². The molecule has 1 unspecified atom stereocenters. The van der Waals surface area contributed by atoms with E-state index >= 15 is 0 Å². The first-order valence-electron chi connectivity index (χ1n) is 10.7. The number of ether oxygens (including phenoxy) is 1. The van der Waals surface area contributed by atoms with Gasteiger partial charge in [-0.1, -0.05) is 36.4 Å². The monoisotopic (exact) mass is 410 g/mol. The van der Waals surface area contributed by atoms with Gasteiger partial charge < -0.3 is 25.6 Å². The van der Waals surface area contributed by atoms with Gasteiger partial charge in [0.05, 0.1) is 6.10 Å². The minimum atomic E-state index is -0.528. The maximum atomic E-state index is 13.3. The summed E-state index contributed by atoms with van der Waals surface area (Å²) >= 11 is 0. The zero-order valence-electron chi connectivity index (χ0n) is 17.7. The molecule has 30 heavy (non-hydrogen) atoms. The van der Waals surface area contributed by atoms with Crippen LogP contribution >= 0.6 is 0 Å². The van der Waals surface area contributed by atoms with Gasteiger partial charge in [-0.15, -0.1) is 0 Å². The third-order valence-electron chi connectivity index (χ3n) is 6.18. The number of nitrogens with zero attached hydrogens (tertiary/aromatic N) is 1. The Bertz CT molecular complexity index is 928. The number of hydrogen-bond donors (Lipinski definition) is 3. The second kappa shape index (κ2) is 8.71. The molecule has 0 bridgehead atoms. The molecule has 0 radical (unpaired) electrons. The molecule has 2 aliphatic heterocycles. The Morgan fingerprint density at radius 1 is 1.20 bits per heavy atom. The van der Waals surface area contributed by atoms with E-state index in [0.717, 1.165) is 16.5 Å². The summed E-state index contributed by atoms with van der Waals surface area (Å²) in [5, 5.41) is 11.6. The van der Waals surface area contributed by atoms with Gasteiger partial charge in [0.2, 0.25) is 11.8 Å². The summed E-state index contributed by atoms with van der Waals surface area (Å²) in [6.07, 6.45) is 0.695. The normalized spacial score (nSPS) is 27.2. The van der Waals surface area contributed by atoms with Gasteiger partial charge in [-0.2, -0.15) is 0 Å². The van der Waals surface area contributed by atoms with Crippen molar-refractivity contribution >= 4 is 28.3 Å². The molecular weight excluding hydrogens is 380 g/mol. The number of hydrogen-bond acceptors (Lipinski definition) is 5. The Hall–Kier alpha value is -2.48. The quantitative estimate of drug-likeness (QED) is 0.679. The number of anilines is 1. The number of benzene rings is 2. The predicted molar refractivity (Wildman–Crippen MR) is 117 cm³/mol. The maximum Gasteiger partial charge on any atom is 0.247 e. The average molecular weight is 411 g/mol. The lowest BCUT2D eigenvalue weighted by Gasteiger charge is -2.41. The van der Waals surface area contributed by atoms with E-state index in [1.54, 1.807) is 4.90 Å². The van der Waals surface area contributed by atoms with Gasteiger partial charge >= 0.3 is 0 Å². The van der Waals surface area contributed by atoms with Gasteiger partial charge in [-0.05, 0) is 45.2 Å². The molecule has 2 aromatic rings. The van der Waals surface area contributed by atoms with Gasteiger partial charge in [0.1, 0.15) is 18.3 Å². The van der Waals surface area contributed by atoms with Crippen LogP contribution in [-0.4, -0.2) is 60.8 Å². The molecular formula is C23H30N4O3. The van der Waals surface area contributed by atoms with Crippen molar-refractivity contribution in [3.8, 4) is 0 Å². The van der Waals surface area contributed by atoms with Gasteiger partial charge in [0.25, 0.3) is 0 Å². The number of fused-ring (bicyclic) bond motifs is 2. The van der Waals surface area contributed by atoms with E-state index in [-0.39, 0.29) is 30.2 Å². The molecule has 0 aromatic heterocycles. The number of carbonyl (C=O) groups is 2. The van der Waals surface area contributed by atoms with Crippen LogP contribution in [0.3, 0.4) is 0 Å². The lowest BCUT2D eigenvalue weighted by atomic mass is 10.1. The van der Waals surface area contributed by atoms with Crippen LogP contribution in [0.25, 0.3) is 10.8 Å². The van der Waals surface area contributed by atoms with E-state index in [2.05, 4.69) is 16.0 Å². The van der Waals surface area contributed by atoms with Crippen LogP contribution in [0.15, 0.2) is 42.5 Å². The lowest BCUT2D eigenvalue weighted by Crippen LogP contribution is -2.63. The summed E-state index contributed by atoms with van der Waals surface area (Å²) in [6.45, 7) is 4.61. The third kappa shape index (κ3) is 3.93. The minimum absolute atomic E-state index is 0.0578. The molecule has 2 aliphatic rings. The van der Waals surface area contributed by atoms with Crippen molar-refractivity contribution in [2.24, 2.45) is 0 Å². The van der Waals surface area contributed by atoms with Crippen LogP contribution in [0.1, 0.15) is 26.7 Å². The van der Waals surface area contributed by atoms with E-state index in [1.807, 2.05) is 63.4 Å². The SMILES string of the molecule is CN[C@@H](C)CN[C@@H]1C(=O)N2C(C(=O)Nc3cccc4ccccc34)CC[C@@H]2O[C@@H]1C. The highest BCUT2D eigenvalue weighted by Crippen LogP contribution is 2.33. The van der Waals surface area contributed by atoms with Crippen molar-refractivity contribution in [2.45, 2.75) is 57.1 Å². The van der Waals surface area contributed by atoms with Crippen molar-refractivity contribution < 1.29 is 14.3 Å². The summed E-state index contributed by atoms with van der Waals surface area (Å²) < 4.78 is 6.10. The first-order valence-corrected chi connectivity index (χ1v) is 10.7. The van der Waals surface area contributed by atoms with Gasteiger partial charge in [-0.3, -0.25) is 9.59 Å². The molecule has 7 heteroatoms. The standard InChI is InChI=1S/C23H30N4O3/c1-14(24-3)13-25-21-15(2)30-20-12-11-19(27(20)23(21)29)22(28)26-18-10-6-8-16-7-4-5-9-17(16)18/h4-10,14-15,19-21,24-25H,11-13H2,1-3H3,(H,26,28)/t14-,15+,19?,20-,21-/m0/s1. The topological polar surface area (TPSA) is 82.7 Å². The number of amides is 2. The molecule has 3 N–H and O–H groups in total. The molecule has 160 valence electrons. The molecule has 2 fully saturated rings. The fourth-order valence-electron chi connectivity index (χ4n) is 4.36. The average Bonchev–Trinajstić information content (AvgIpc) is 3.17. The number of likely N-dealkylation sites (N-methyl/N-ethyl adjacent to an activating group) is 1. The van der Waals surface area contributed by atoms with Gasteiger partial charge in [0, 0.05) is 23.7 Å². The molecule has 4 rings (SSSR count). The maximum absolute atomic E-state index is 13.3. The fraction of sp³-hybridized carbons (Fsp3) is 0.478. The molecule has 2 heterocycles. The second-order valence-corrected chi connectivity index (χ2v) is 8.23. The summed E-state index contributed by atoms with van der Waals surface area (Å²) in [7, 11) is 1.89. The largest absolute Gasteiger partial charge is 0.353 e. The predicted octanol–water partition coefficient (Wildman–Crippen LogP) is 2.08. The van der Waals surface area contributed by atoms with Crippen LogP contribution in [0.5, 0.6) is 0 Å². The Kier molecular flexibility index (Phi) is 6.04. The highest BCUT2D eigenvalue weighted by atomic mass is 16.5. The van der Waals surface area contributed by atoms with Crippen LogP contribution < -0.4 is 16.0 Å². The van der Waals surface area contributed by atoms with Crippen LogP contribution in [0, 0.1) is 0 Å². The zero-order chi connectivity index (χ0) is 21.3. The molecule has 7 nitrogen and oxygen atoms in total. The fourth-order valence-corrected chi connectivity index (χ4v) is 4.36. The summed E-state index contributed by atoms with van der Waals surface area (Å²) in [5.74, 6) is -0.222. The van der Waals surface area contributed by atoms with Crippen LogP contribution in [-0.2, 0) is 14.3 Å². The minimum Gasteiger partial charge on any atom is -0.353 e. The summed E-state index contributed by atoms with van der Waals surface area (Å²) in [4.78, 5) is 28.1. The van der Waals surface area contributed by atoms with Crippen molar-refractivity contribution in [3.63, 3.8) is 0 Å². The second-order valence-electron chi connectivity index (χ2n) is 8.23. The van der Waals surface area contributed by atoms with Crippen LogP contribution in [0.2, 0.25) is 0 Å². The van der Waals surface area contributed by atoms with Gasteiger partial charge in [0.15, 0.2) is 0 Å². The van der Waals surface area contributed by atoms with Crippen molar-refractivity contribution in [2.75, 3.05) is 18.9 Å². The van der Waals surface area contributed by atoms with Crippen molar-refractivity contribution in [1.29, 1.82) is 0 Å². The molecule has 2 saturated heterocycles. The molecule has 0 saturated carbocycles. The number of rotatable bonds is 6. The Morgan fingerprint density at radius 3 is 2.77 bits per heavy atom. The molecule has 0 spiro atoms. The molecule has 2 amide bonds. The number of nitrogens with one attached hydrogen (secondary N) is 3. The van der Waals surface area contributed by atoms with E-state index in [9.17, 15) is 9.59 Å². The van der Waals surface area contributed by atoms with E-state index in [0.29, 0.717) is 19.4 Å². The highest BCUT2D eigenvalue weighted by Gasteiger charge is 2.49. The Labute approximate surface area is 177 Å².